The highest BCUT2D eigenvalue weighted by atomic mass is 16.3. The minimum Gasteiger partial charge on any atom is -0.437 e. The lowest BCUT2D eigenvalue weighted by Crippen LogP contribution is -2.15. The molecule has 1 amide bonds. The number of fused-ring (bicyclic) bond motifs is 1. The van der Waals surface area contributed by atoms with Gasteiger partial charge in [0, 0.05) is 23.7 Å². The van der Waals surface area contributed by atoms with Crippen molar-refractivity contribution < 1.29 is 14.3 Å². The van der Waals surface area contributed by atoms with Gasteiger partial charge in [-0.25, -0.2) is 9.97 Å². The molecule has 0 saturated carbocycles. The van der Waals surface area contributed by atoms with Gasteiger partial charge in [0.15, 0.2) is 0 Å². The van der Waals surface area contributed by atoms with Crippen LogP contribution in [0, 0.1) is 0 Å². The first-order valence-electron chi connectivity index (χ1n) is 11.3. The van der Waals surface area contributed by atoms with Crippen molar-refractivity contribution in [1.82, 2.24) is 9.97 Å². The van der Waals surface area contributed by atoms with Crippen LogP contribution in [0.1, 0.15) is 18.5 Å². The van der Waals surface area contributed by atoms with Crippen LogP contribution in [0.4, 0.5) is 11.5 Å². The third kappa shape index (κ3) is 4.62. The summed E-state index contributed by atoms with van der Waals surface area (Å²) >= 11 is 0. The molecule has 0 fully saturated rings. The molecular formula is C28H24N4O3. The van der Waals surface area contributed by atoms with Gasteiger partial charge < -0.3 is 20.2 Å². The number of aliphatic hydroxyl groups is 1. The molecular weight excluding hydrogens is 440 g/mol. The summed E-state index contributed by atoms with van der Waals surface area (Å²) in [6.45, 7) is 1.36. The van der Waals surface area contributed by atoms with Crippen molar-refractivity contribution in [1.29, 1.82) is 0 Å². The lowest BCUT2D eigenvalue weighted by molar-refractivity contribution is -0.114. The molecule has 0 radical (unpaired) electrons. The number of aliphatic hydroxyl groups excluding tert-OH is 1. The molecule has 3 N–H and O–H groups in total. The number of carbonyl (C=O) groups excluding carboxylic acids is 1. The summed E-state index contributed by atoms with van der Waals surface area (Å²) in [5.74, 6) is 1.04. The largest absolute Gasteiger partial charge is 0.437 e. The summed E-state index contributed by atoms with van der Waals surface area (Å²) in [6.07, 6.45) is 1.44. The molecule has 2 aromatic heterocycles. The van der Waals surface area contributed by atoms with Gasteiger partial charge in [0.25, 0.3) is 0 Å². The Morgan fingerprint density at radius 3 is 2.37 bits per heavy atom. The van der Waals surface area contributed by atoms with Gasteiger partial charge in [-0.05, 0) is 23.3 Å². The minimum atomic E-state index is -0.372. The fraction of sp³-hybridized carbons (Fsp3) is 0.107. The molecule has 0 unspecified atom stereocenters. The zero-order valence-corrected chi connectivity index (χ0v) is 19.1. The molecule has 0 saturated heterocycles. The molecule has 0 aliphatic heterocycles. The normalized spacial score (nSPS) is 11.8. The monoisotopic (exact) mass is 464 g/mol. The first-order valence-corrected chi connectivity index (χ1v) is 11.3. The van der Waals surface area contributed by atoms with E-state index in [0.29, 0.717) is 28.4 Å². The number of rotatable bonds is 7. The van der Waals surface area contributed by atoms with Crippen molar-refractivity contribution in [3.8, 4) is 22.5 Å². The van der Waals surface area contributed by atoms with Crippen LogP contribution in [0.25, 0.3) is 33.6 Å². The van der Waals surface area contributed by atoms with E-state index in [0.717, 1.165) is 22.3 Å². The molecule has 2 heterocycles. The van der Waals surface area contributed by atoms with Gasteiger partial charge in [-0.2, -0.15) is 0 Å². The molecule has 0 aliphatic carbocycles. The second-order valence-corrected chi connectivity index (χ2v) is 8.13. The van der Waals surface area contributed by atoms with Crippen LogP contribution < -0.4 is 10.6 Å². The summed E-state index contributed by atoms with van der Waals surface area (Å²) in [6, 6.07) is 26.7. The highest BCUT2D eigenvalue weighted by Gasteiger charge is 2.24. The Hall–Kier alpha value is -4.49. The number of nitrogens with zero attached hydrogens (tertiary/aromatic N) is 2. The van der Waals surface area contributed by atoms with Gasteiger partial charge >= 0.3 is 0 Å². The lowest BCUT2D eigenvalue weighted by Gasteiger charge is -2.18. The number of aromatic nitrogens is 2. The lowest BCUT2D eigenvalue weighted by atomic mass is 9.98. The van der Waals surface area contributed by atoms with Crippen LogP contribution in [-0.4, -0.2) is 27.6 Å². The Morgan fingerprint density at radius 1 is 0.943 bits per heavy atom. The van der Waals surface area contributed by atoms with E-state index in [2.05, 4.69) is 20.6 Å². The van der Waals surface area contributed by atoms with Crippen LogP contribution in [0.5, 0.6) is 0 Å². The van der Waals surface area contributed by atoms with Crippen molar-refractivity contribution in [3.63, 3.8) is 0 Å². The average molecular weight is 465 g/mol. The molecule has 0 spiro atoms. The van der Waals surface area contributed by atoms with Crippen molar-refractivity contribution in [2.45, 2.75) is 13.0 Å². The van der Waals surface area contributed by atoms with E-state index in [1.165, 1.54) is 13.3 Å². The molecule has 5 rings (SSSR count). The van der Waals surface area contributed by atoms with Gasteiger partial charge in [0.05, 0.1) is 18.0 Å². The molecule has 0 bridgehead atoms. The maximum absolute atomic E-state index is 11.7. The molecule has 7 heteroatoms. The van der Waals surface area contributed by atoms with Gasteiger partial charge in [0.1, 0.15) is 17.9 Å². The summed E-state index contributed by atoms with van der Waals surface area (Å²) in [5.41, 5.74) is 4.55. The smallest absolute Gasteiger partial charge is 0.232 e. The maximum atomic E-state index is 11.7. The summed E-state index contributed by atoms with van der Waals surface area (Å²) in [4.78, 5) is 20.6. The Kier molecular flexibility index (Phi) is 6.24. The Labute approximate surface area is 202 Å². The quantitative estimate of drug-likeness (QED) is 0.287. The Morgan fingerprint density at radius 2 is 1.66 bits per heavy atom. The topological polar surface area (TPSA) is 100 Å². The number of amides is 1. The van der Waals surface area contributed by atoms with Gasteiger partial charge in [0.2, 0.25) is 11.6 Å². The second-order valence-electron chi connectivity index (χ2n) is 8.13. The SMILES string of the molecule is CC(=O)Nc1cccc(-c2c(-c3ccccc3)oc3ncnc(N[C@H](CO)c4ccccc4)c23)c1. The van der Waals surface area contributed by atoms with E-state index in [9.17, 15) is 9.90 Å². The molecule has 35 heavy (non-hydrogen) atoms. The Bertz CT molecular complexity index is 1470. The van der Waals surface area contributed by atoms with E-state index >= 15 is 0 Å². The molecule has 7 nitrogen and oxygen atoms in total. The van der Waals surface area contributed by atoms with E-state index in [1.807, 2.05) is 84.9 Å². The number of hydrogen-bond acceptors (Lipinski definition) is 6. The minimum absolute atomic E-state index is 0.119. The van der Waals surface area contributed by atoms with E-state index < -0.39 is 0 Å². The molecule has 3 aromatic carbocycles. The number of hydrogen-bond donors (Lipinski definition) is 3. The van der Waals surface area contributed by atoms with Crippen molar-refractivity contribution in [2.75, 3.05) is 17.2 Å². The van der Waals surface area contributed by atoms with Crippen molar-refractivity contribution in [3.05, 3.63) is 96.8 Å². The van der Waals surface area contributed by atoms with E-state index in [-0.39, 0.29) is 18.6 Å². The van der Waals surface area contributed by atoms with Crippen LogP contribution >= 0.6 is 0 Å². The predicted molar refractivity (Wildman–Crippen MR) is 137 cm³/mol. The summed E-state index contributed by atoms with van der Waals surface area (Å²) in [5, 5.41) is 17.0. The fourth-order valence-electron chi connectivity index (χ4n) is 4.15. The fourth-order valence-corrected chi connectivity index (χ4v) is 4.15. The highest BCUT2D eigenvalue weighted by molar-refractivity contribution is 6.06. The van der Waals surface area contributed by atoms with Crippen molar-refractivity contribution in [2.24, 2.45) is 0 Å². The number of furan rings is 1. The van der Waals surface area contributed by atoms with Gasteiger partial charge in [-0.3, -0.25) is 4.79 Å². The molecule has 5 aromatic rings. The summed E-state index contributed by atoms with van der Waals surface area (Å²) < 4.78 is 6.28. The number of anilines is 2. The van der Waals surface area contributed by atoms with Crippen LogP contribution in [-0.2, 0) is 4.79 Å². The number of carbonyl (C=O) groups is 1. The first kappa shape index (κ1) is 22.3. The third-order valence-corrected chi connectivity index (χ3v) is 5.69. The average Bonchev–Trinajstić information content (AvgIpc) is 3.29. The van der Waals surface area contributed by atoms with Crippen LogP contribution in [0.2, 0.25) is 0 Å². The van der Waals surface area contributed by atoms with Crippen LogP contribution in [0.3, 0.4) is 0 Å². The van der Waals surface area contributed by atoms with Crippen LogP contribution in [0.15, 0.2) is 95.7 Å². The highest BCUT2D eigenvalue weighted by Crippen LogP contribution is 2.43. The van der Waals surface area contributed by atoms with E-state index in [4.69, 9.17) is 4.42 Å². The van der Waals surface area contributed by atoms with Crippen molar-refractivity contribution >= 4 is 28.5 Å². The van der Waals surface area contributed by atoms with Gasteiger partial charge in [-0.1, -0.05) is 72.8 Å². The molecule has 1 atom stereocenters. The zero-order chi connectivity index (χ0) is 24.2. The first-order chi connectivity index (χ1) is 17.1. The third-order valence-electron chi connectivity index (χ3n) is 5.69. The molecule has 174 valence electrons. The molecule has 0 aliphatic rings. The standard InChI is InChI=1S/C28H24N4O3/c1-18(34)31-22-14-8-13-21(15-22)24-25-27(32-23(16-33)19-9-4-2-5-10-19)29-17-30-28(25)35-26(24)20-11-6-3-7-12-20/h2-15,17,23,33H,16H2,1H3,(H,31,34)(H,29,30,32)/t23-/m1/s1. The predicted octanol–water partition coefficient (Wildman–Crippen LogP) is 5.66. The van der Waals surface area contributed by atoms with E-state index in [1.54, 1.807) is 0 Å². The maximum Gasteiger partial charge on any atom is 0.232 e. The van der Waals surface area contributed by atoms with Gasteiger partial charge in [-0.15, -0.1) is 0 Å². The number of nitrogens with one attached hydrogen (secondary N) is 2. The number of benzene rings is 3. The second kappa shape index (κ2) is 9.79. The zero-order valence-electron chi connectivity index (χ0n) is 19.1. The summed E-state index contributed by atoms with van der Waals surface area (Å²) in [7, 11) is 0. The Balaban J connectivity index is 1.71.